The van der Waals surface area contributed by atoms with Gasteiger partial charge in [-0.2, -0.15) is 0 Å². The Morgan fingerprint density at radius 3 is 2.00 bits per heavy atom. The highest BCUT2D eigenvalue weighted by Crippen LogP contribution is 2.26. The summed E-state index contributed by atoms with van der Waals surface area (Å²) in [5.74, 6) is -3.28. The Morgan fingerprint density at radius 2 is 1.46 bits per heavy atom. The fraction of sp³-hybridized carbons (Fsp3) is 0.514. The molecule has 2 rings (SSSR count). The Hall–Kier alpha value is -4.89. The molecule has 0 aliphatic carbocycles. The number of ether oxygens (including phenoxy) is 8. The number of anilines is 1. The molecule has 0 saturated carbocycles. The number of carbonyl (C=O) groups excluding carboxylic acids is 5. The fourth-order valence-electron chi connectivity index (χ4n) is 4.82. The van der Waals surface area contributed by atoms with E-state index in [1.807, 2.05) is 51.1 Å². The van der Waals surface area contributed by atoms with Gasteiger partial charge in [0, 0.05) is 40.8 Å². The van der Waals surface area contributed by atoms with Crippen molar-refractivity contribution in [3.63, 3.8) is 0 Å². The number of rotatable bonds is 19. The van der Waals surface area contributed by atoms with Gasteiger partial charge in [0.2, 0.25) is 0 Å². The molecule has 0 aliphatic rings. The SMILES string of the molecule is CCN(COC(C)(C)Cc1ccccc1)C(=O)OCc1ccc(OC[C@@H](OC(C)=O)C(OC(C)=O)C(OC(C)=O)C(OC)C(=O)OC)c(N)c1. The summed E-state index contributed by atoms with van der Waals surface area (Å²) in [6.07, 6.45) is -6.06. The molecule has 2 aromatic rings. The summed E-state index contributed by atoms with van der Waals surface area (Å²) in [4.78, 5) is 62.9. The van der Waals surface area contributed by atoms with Crippen molar-refractivity contribution in [2.75, 3.05) is 39.8 Å². The Bertz CT molecular complexity index is 1430. The summed E-state index contributed by atoms with van der Waals surface area (Å²) >= 11 is 0. The van der Waals surface area contributed by atoms with Gasteiger partial charge in [-0.25, -0.2) is 9.59 Å². The quantitative estimate of drug-likeness (QED) is 0.0967. The second-order valence-electron chi connectivity index (χ2n) is 11.8. The first-order valence-electron chi connectivity index (χ1n) is 15.8. The maximum Gasteiger partial charge on any atom is 0.411 e. The van der Waals surface area contributed by atoms with Gasteiger partial charge in [-0.05, 0) is 44.0 Å². The van der Waals surface area contributed by atoms with E-state index in [-0.39, 0.29) is 24.8 Å². The summed E-state index contributed by atoms with van der Waals surface area (Å²) in [6, 6.07) is 14.5. The van der Waals surface area contributed by atoms with E-state index in [1.165, 1.54) is 17.0 Å². The monoisotopic (exact) mass is 704 g/mol. The lowest BCUT2D eigenvalue weighted by atomic mass is 9.98. The number of nitrogen functional groups attached to an aromatic ring is 1. The average Bonchev–Trinajstić information content (AvgIpc) is 3.05. The van der Waals surface area contributed by atoms with Gasteiger partial charge in [0.25, 0.3) is 0 Å². The van der Waals surface area contributed by atoms with Crippen LogP contribution in [-0.4, -0.2) is 99.0 Å². The Labute approximate surface area is 292 Å². The normalized spacial score (nSPS) is 13.5. The van der Waals surface area contributed by atoms with E-state index in [2.05, 4.69) is 0 Å². The van der Waals surface area contributed by atoms with E-state index in [4.69, 9.17) is 43.6 Å². The Morgan fingerprint density at radius 1 is 0.840 bits per heavy atom. The maximum absolute atomic E-state index is 12.9. The molecule has 15 heteroatoms. The second kappa shape index (κ2) is 19.9. The molecule has 0 aromatic heterocycles. The predicted octanol–water partition coefficient (Wildman–Crippen LogP) is 3.58. The van der Waals surface area contributed by atoms with E-state index < -0.39 is 66.6 Å². The third kappa shape index (κ3) is 13.6. The minimum atomic E-state index is -1.60. The first-order chi connectivity index (χ1) is 23.6. The number of nitrogens with two attached hydrogens (primary N) is 1. The van der Waals surface area contributed by atoms with E-state index in [1.54, 1.807) is 6.07 Å². The Balaban J connectivity index is 2.14. The van der Waals surface area contributed by atoms with Gasteiger partial charge in [0.05, 0.1) is 18.4 Å². The van der Waals surface area contributed by atoms with Crippen LogP contribution in [0.4, 0.5) is 10.5 Å². The van der Waals surface area contributed by atoms with Gasteiger partial charge in [0.15, 0.2) is 24.4 Å². The van der Waals surface area contributed by atoms with Crippen molar-refractivity contribution in [1.29, 1.82) is 0 Å². The summed E-state index contributed by atoms with van der Waals surface area (Å²) in [7, 11) is 2.24. The molecular weight excluding hydrogens is 656 g/mol. The zero-order valence-corrected chi connectivity index (χ0v) is 29.8. The molecular formula is C35H48N2O13. The minimum absolute atomic E-state index is 0.0327. The van der Waals surface area contributed by atoms with E-state index >= 15 is 0 Å². The van der Waals surface area contributed by atoms with Gasteiger partial charge >= 0.3 is 30.0 Å². The zero-order chi connectivity index (χ0) is 37.4. The molecule has 0 aliphatic heterocycles. The smallest absolute Gasteiger partial charge is 0.411 e. The number of benzene rings is 2. The molecule has 0 bridgehead atoms. The van der Waals surface area contributed by atoms with Gasteiger partial charge in [-0.1, -0.05) is 36.4 Å². The van der Waals surface area contributed by atoms with Gasteiger partial charge < -0.3 is 43.6 Å². The van der Waals surface area contributed by atoms with Gasteiger partial charge in [0.1, 0.15) is 25.7 Å². The van der Waals surface area contributed by atoms with Crippen LogP contribution in [-0.2, 0) is 65.4 Å². The largest absolute Gasteiger partial charge is 0.487 e. The van der Waals surface area contributed by atoms with Crippen LogP contribution in [0.15, 0.2) is 48.5 Å². The number of esters is 4. The number of amides is 1. The molecule has 4 atom stereocenters. The van der Waals surface area contributed by atoms with Crippen LogP contribution >= 0.6 is 0 Å². The van der Waals surface area contributed by atoms with Crippen molar-refractivity contribution in [3.05, 3.63) is 59.7 Å². The van der Waals surface area contributed by atoms with Gasteiger partial charge in [-0.15, -0.1) is 0 Å². The van der Waals surface area contributed by atoms with Crippen LogP contribution < -0.4 is 10.5 Å². The predicted molar refractivity (Wildman–Crippen MR) is 179 cm³/mol. The highest BCUT2D eigenvalue weighted by atomic mass is 16.6. The number of hydrogen-bond acceptors (Lipinski definition) is 14. The van der Waals surface area contributed by atoms with Crippen LogP contribution in [0.25, 0.3) is 0 Å². The summed E-state index contributed by atoms with van der Waals surface area (Å²) in [5.41, 5.74) is 7.51. The number of hydrogen-bond donors (Lipinski definition) is 1. The van der Waals surface area contributed by atoms with Crippen molar-refractivity contribution in [3.8, 4) is 5.75 Å². The third-order valence-corrected chi connectivity index (χ3v) is 7.16. The molecule has 1 amide bonds. The Kier molecular flexibility index (Phi) is 16.5. The highest BCUT2D eigenvalue weighted by molar-refractivity contribution is 5.77. The van der Waals surface area contributed by atoms with Crippen LogP contribution in [0, 0.1) is 0 Å². The lowest BCUT2D eigenvalue weighted by Crippen LogP contribution is -2.55. The number of methoxy groups -OCH3 is 2. The van der Waals surface area contributed by atoms with Crippen LogP contribution in [0.2, 0.25) is 0 Å². The number of carbonyl (C=O) groups is 5. The zero-order valence-electron chi connectivity index (χ0n) is 29.8. The molecule has 0 saturated heterocycles. The molecule has 0 heterocycles. The molecule has 2 N–H and O–H groups in total. The van der Waals surface area contributed by atoms with E-state index in [9.17, 15) is 24.0 Å². The topological polar surface area (TPSA) is 188 Å². The van der Waals surface area contributed by atoms with E-state index in [0.717, 1.165) is 40.6 Å². The van der Waals surface area contributed by atoms with Crippen LogP contribution in [0.5, 0.6) is 5.75 Å². The fourth-order valence-corrected chi connectivity index (χ4v) is 4.82. The maximum atomic E-state index is 12.9. The first-order valence-corrected chi connectivity index (χ1v) is 15.8. The summed E-state index contributed by atoms with van der Waals surface area (Å²) < 4.78 is 43.4. The summed E-state index contributed by atoms with van der Waals surface area (Å²) in [5, 5.41) is 0. The molecule has 0 fully saturated rings. The van der Waals surface area contributed by atoms with Crippen molar-refractivity contribution >= 4 is 35.7 Å². The molecule has 2 aromatic carbocycles. The first kappa shape index (κ1) is 41.3. The second-order valence-corrected chi connectivity index (χ2v) is 11.8. The minimum Gasteiger partial charge on any atom is -0.487 e. The molecule has 276 valence electrons. The molecule has 15 nitrogen and oxygen atoms in total. The van der Waals surface area contributed by atoms with Crippen molar-refractivity contribution < 1.29 is 61.9 Å². The van der Waals surface area contributed by atoms with Crippen molar-refractivity contribution in [2.45, 2.75) is 84.6 Å². The molecule has 3 unspecified atom stereocenters. The lowest BCUT2D eigenvalue weighted by molar-refractivity contribution is -0.201. The molecule has 50 heavy (non-hydrogen) atoms. The molecule has 0 spiro atoms. The van der Waals surface area contributed by atoms with Crippen LogP contribution in [0.1, 0.15) is 52.7 Å². The van der Waals surface area contributed by atoms with Gasteiger partial charge in [-0.3, -0.25) is 19.3 Å². The number of nitrogens with zero attached hydrogens (tertiary/aromatic N) is 1. The van der Waals surface area contributed by atoms with Crippen LogP contribution in [0.3, 0.4) is 0 Å². The van der Waals surface area contributed by atoms with E-state index in [0.29, 0.717) is 18.5 Å². The highest BCUT2D eigenvalue weighted by Gasteiger charge is 2.46. The van der Waals surface area contributed by atoms with Crippen molar-refractivity contribution in [1.82, 2.24) is 4.90 Å². The lowest BCUT2D eigenvalue weighted by Gasteiger charge is -2.34. The molecule has 0 radical (unpaired) electrons. The third-order valence-electron chi connectivity index (χ3n) is 7.16. The average molecular weight is 705 g/mol. The van der Waals surface area contributed by atoms with Crippen molar-refractivity contribution in [2.24, 2.45) is 0 Å². The standard InChI is InChI=1S/C35H48N2O13/c1-9-37(21-47-35(5,6)18-25-13-11-10-12-14-25)34(42)46-19-26-15-16-28(27(36)17-26)45-20-29(48-22(2)38)30(49-23(3)39)31(50-24(4)40)32(43-7)33(41)44-8/h10-17,29-32H,9,18-21,36H2,1-8H3/t29-,30?,31?,32?/m1/s1. The summed E-state index contributed by atoms with van der Waals surface area (Å²) in [6.45, 7) is 8.79.